The number of nitrogens with zero attached hydrogens (tertiary/aromatic N) is 6. The van der Waals surface area contributed by atoms with E-state index in [-0.39, 0.29) is 22.9 Å². The van der Waals surface area contributed by atoms with Crippen molar-refractivity contribution in [3.05, 3.63) is 99.6 Å². The average Bonchev–Trinajstić information content (AvgIpc) is 2.88. The predicted octanol–water partition coefficient (Wildman–Crippen LogP) is 6.15. The minimum atomic E-state index is -0.642. The third kappa shape index (κ3) is 5.92. The van der Waals surface area contributed by atoms with Gasteiger partial charge in [-0.25, -0.2) is 9.97 Å². The van der Waals surface area contributed by atoms with Crippen LogP contribution in [-0.4, -0.2) is 30.7 Å². The van der Waals surface area contributed by atoms with E-state index in [4.69, 9.17) is 4.74 Å². The molecular formula is C24H18Br2N6O6. The Morgan fingerprint density at radius 3 is 2.53 bits per heavy atom. The smallest absolute Gasteiger partial charge is 0.313 e. The number of aryl methyl sites for hydroxylation is 1. The number of pyridine rings is 1. The first-order chi connectivity index (χ1) is 18.2. The fraction of sp³-hybridized carbons (Fsp3) is 0.167. The molecule has 0 N–H and O–H groups in total. The van der Waals surface area contributed by atoms with E-state index in [9.17, 15) is 25.0 Å². The normalized spacial score (nSPS) is 11.2. The molecule has 12 nitrogen and oxygen atoms in total. The van der Waals surface area contributed by atoms with Gasteiger partial charge in [-0.2, -0.15) is 9.78 Å². The van der Waals surface area contributed by atoms with Gasteiger partial charge in [0.25, 0.3) is 11.2 Å². The fourth-order valence-electron chi connectivity index (χ4n) is 3.52. The van der Waals surface area contributed by atoms with Crippen LogP contribution in [0, 0.1) is 20.2 Å². The predicted molar refractivity (Wildman–Crippen MR) is 147 cm³/mol. The number of hydrogen-bond acceptors (Lipinski definition) is 9. The third-order valence-corrected chi connectivity index (χ3v) is 6.29. The van der Waals surface area contributed by atoms with E-state index in [1.165, 1.54) is 35.2 Å². The molecule has 0 aliphatic heterocycles. The van der Waals surface area contributed by atoms with Gasteiger partial charge < -0.3 is 4.74 Å². The summed E-state index contributed by atoms with van der Waals surface area (Å²) in [7, 11) is 0. The van der Waals surface area contributed by atoms with E-state index < -0.39 is 21.1 Å². The van der Waals surface area contributed by atoms with Crippen molar-refractivity contribution >= 4 is 60.4 Å². The molecule has 0 unspecified atom stereocenters. The molecule has 2 aromatic heterocycles. The summed E-state index contributed by atoms with van der Waals surface area (Å²) in [4.78, 5) is 43.3. The second kappa shape index (κ2) is 11.6. The Morgan fingerprint density at radius 1 is 1.08 bits per heavy atom. The molecule has 38 heavy (non-hydrogen) atoms. The van der Waals surface area contributed by atoms with Crippen molar-refractivity contribution < 1.29 is 14.6 Å². The van der Waals surface area contributed by atoms with Crippen LogP contribution in [0.1, 0.15) is 31.2 Å². The highest BCUT2D eigenvalue weighted by molar-refractivity contribution is 9.10. The lowest BCUT2D eigenvalue weighted by Gasteiger charge is -2.11. The minimum absolute atomic E-state index is 0.103. The topological polar surface area (TPSA) is 156 Å². The van der Waals surface area contributed by atoms with Crippen molar-refractivity contribution in [2.75, 3.05) is 0 Å². The second-order valence-electron chi connectivity index (χ2n) is 7.97. The van der Waals surface area contributed by atoms with Gasteiger partial charge in [0.05, 0.1) is 27.0 Å². The maximum Gasteiger partial charge on any atom is 0.313 e. The molecule has 2 aromatic carbocycles. The largest absolute Gasteiger partial charge is 0.431 e. The maximum absolute atomic E-state index is 13.4. The van der Waals surface area contributed by atoms with Crippen LogP contribution in [0.15, 0.2) is 67.5 Å². The molecule has 4 aromatic rings. The summed E-state index contributed by atoms with van der Waals surface area (Å²) in [5.41, 5.74) is -0.377. The van der Waals surface area contributed by atoms with Gasteiger partial charge in [-0.15, -0.1) is 0 Å². The first-order valence-electron chi connectivity index (χ1n) is 11.2. The molecule has 14 heteroatoms. The molecule has 0 amide bonds. The summed E-state index contributed by atoms with van der Waals surface area (Å²) >= 11 is 6.62. The number of ether oxygens (including phenoxy) is 1. The molecule has 0 radical (unpaired) electrons. The van der Waals surface area contributed by atoms with E-state index in [2.05, 4.69) is 46.9 Å². The van der Waals surface area contributed by atoms with Crippen molar-refractivity contribution in [2.24, 2.45) is 5.10 Å². The number of rotatable bonds is 9. The fourth-order valence-corrected chi connectivity index (χ4v) is 4.34. The van der Waals surface area contributed by atoms with Crippen LogP contribution in [0.3, 0.4) is 0 Å². The van der Waals surface area contributed by atoms with Crippen LogP contribution >= 0.6 is 31.9 Å². The maximum atomic E-state index is 13.4. The molecule has 0 atom stereocenters. The van der Waals surface area contributed by atoms with Crippen molar-refractivity contribution in [2.45, 2.75) is 26.2 Å². The summed E-state index contributed by atoms with van der Waals surface area (Å²) in [6.45, 7) is 2.01. The summed E-state index contributed by atoms with van der Waals surface area (Å²) in [5.74, 6) is 0.128. The van der Waals surface area contributed by atoms with E-state index in [1.807, 2.05) is 6.92 Å². The molecule has 4 rings (SSSR count). The number of hydrogen-bond donors (Lipinski definition) is 0. The highest BCUT2D eigenvalue weighted by Crippen LogP contribution is 2.36. The zero-order chi connectivity index (χ0) is 27.4. The van der Waals surface area contributed by atoms with Gasteiger partial charge in [-0.3, -0.25) is 25.0 Å². The molecule has 2 heterocycles. The second-order valence-corrected chi connectivity index (χ2v) is 9.80. The van der Waals surface area contributed by atoms with Gasteiger partial charge in [0.15, 0.2) is 0 Å². The van der Waals surface area contributed by atoms with Crippen molar-refractivity contribution in [1.82, 2.24) is 14.6 Å². The van der Waals surface area contributed by atoms with Gasteiger partial charge in [0.2, 0.25) is 11.6 Å². The van der Waals surface area contributed by atoms with E-state index in [0.717, 1.165) is 19.0 Å². The molecule has 0 saturated heterocycles. The first kappa shape index (κ1) is 27.0. The van der Waals surface area contributed by atoms with Crippen LogP contribution in [0.25, 0.3) is 10.9 Å². The molecule has 0 aliphatic rings. The number of fused-ring (bicyclic) bond motifs is 1. The zero-order valence-electron chi connectivity index (χ0n) is 19.7. The van der Waals surface area contributed by atoms with Gasteiger partial charge >= 0.3 is 5.69 Å². The highest BCUT2D eigenvalue weighted by atomic mass is 79.9. The molecular weight excluding hydrogens is 628 g/mol. The standard InChI is InChI=1S/C24H18Br2N6O6/c1-2-3-4-21-29-19-7-5-15(25)10-18(19)24(33)30(21)28-12-14-9-16(26)11-20(32(36)37)23(14)38-22-8-6-17(13-27-22)31(34)35/h5-13H,2-4H2,1H3. The van der Waals surface area contributed by atoms with Gasteiger partial charge in [0, 0.05) is 39.1 Å². The molecule has 194 valence electrons. The molecule has 0 spiro atoms. The lowest BCUT2D eigenvalue weighted by atomic mass is 10.2. The third-order valence-electron chi connectivity index (χ3n) is 5.34. The van der Waals surface area contributed by atoms with E-state index in [0.29, 0.717) is 32.1 Å². The van der Waals surface area contributed by atoms with Gasteiger partial charge in [0.1, 0.15) is 12.0 Å². The molecule has 0 aliphatic carbocycles. The Balaban J connectivity index is 1.84. The SMILES string of the molecule is CCCCc1nc2ccc(Br)cc2c(=O)n1N=Cc1cc(Br)cc([N+](=O)[O-])c1Oc1ccc([N+](=O)[O-])cn1. The van der Waals surface area contributed by atoms with Crippen molar-refractivity contribution in [1.29, 1.82) is 0 Å². The monoisotopic (exact) mass is 644 g/mol. The van der Waals surface area contributed by atoms with E-state index in [1.54, 1.807) is 18.2 Å². The molecule has 0 bridgehead atoms. The van der Waals surface area contributed by atoms with Gasteiger partial charge in [-0.05, 0) is 30.7 Å². The summed E-state index contributed by atoms with van der Waals surface area (Å²) in [6, 6.07) is 10.3. The van der Waals surface area contributed by atoms with Crippen LogP contribution in [-0.2, 0) is 6.42 Å². The first-order valence-corrected chi connectivity index (χ1v) is 12.8. The number of benzene rings is 2. The number of nitro groups is 2. The minimum Gasteiger partial charge on any atom is -0.431 e. The number of unbranched alkanes of at least 4 members (excludes halogenated alkanes) is 1. The van der Waals surface area contributed by atoms with Crippen LogP contribution < -0.4 is 10.3 Å². The summed E-state index contributed by atoms with van der Waals surface area (Å²) in [5, 5.41) is 27.5. The van der Waals surface area contributed by atoms with Crippen LogP contribution in [0.2, 0.25) is 0 Å². The lowest BCUT2D eigenvalue weighted by Crippen LogP contribution is -2.22. The van der Waals surface area contributed by atoms with Crippen LogP contribution in [0.4, 0.5) is 11.4 Å². The number of halogens is 2. The van der Waals surface area contributed by atoms with Crippen LogP contribution in [0.5, 0.6) is 11.6 Å². The zero-order valence-corrected chi connectivity index (χ0v) is 22.9. The molecule has 0 saturated carbocycles. The Bertz CT molecular complexity index is 1640. The Morgan fingerprint density at radius 2 is 1.87 bits per heavy atom. The Hall–Kier alpha value is -4.04. The van der Waals surface area contributed by atoms with Crippen molar-refractivity contribution in [3.63, 3.8) is 0 Å². The highest BCUT2D eigenvalue weighted by Gasteiger charge is 2.22. The summed E-state index contributed by atoms with van der Waals surface area (Å²) < 4.78 is 7.94. The number of aromatic nitrogens is 3. The Labute approximate surface area is 231 Å². The number of nitro benzene ring substituents is 1. The Kier molecular flexibility index (Phi) is 8.22. The van der Waals surface area contributed by atoms with E-state index >= 15 is 0 Å². The lowest BCUT2D eigenvalue weighted by molar-refractivity contribution is -0.385. The summed E-state index contributed by atoms with van der Waals surface area (Å²) in [6.07, 6.45) is 4.37. The quantitative estimate of drug-likeness (QED) is 0.119. The van der Waals surface area contributed by atoms with Gasteiger partial charge in [-0.1, -0.05) is 45.2 Å². The van der Waals surface area contributed by atoms with Crippen molar-refractivity contribution in [3.8, 4) is 11.6 Å². The molecule has 0 fully saturated rings. The average molecular weight is 646 g/mol.